The molecule has 1 aromatic heterocycles. The Morgan fingerprint density at radius 2 is 1.66 bits per heavy atom. The summed E-state index contributed by atoms with van der Waals surface area (Å²) in [4.78, 5) is 4.45. The van der Waals surface area contributed by atoms with Gasteiger partial charge in [0.1, 0.15) is 5.82 Å². The van der Waals surface area contributed by atoms with E-state index >= 15 is 0 Å². The zero-order valence-electron chi connectivity index (χ0n) is 18.4. The molecule has 0 atom stereocenters. The molecule has 0 aliphatic rings. The number of hydrogen-bond acceptors (Lipinski definition) is 8. The summed E-state index contributed by atoms with van der Waals surface area (Å²) in [5, 5.41) is 3.07. The third-order valence-corrected chi connectivity index (χ3v) is 6.48. The van der Waals surface area contributed by atoms with Crippen molar-refractivity contribution in [3.8, 4) is 23.0 Å². The number of nitrogens with one attached hydrogen (secondary N) is 1. The lowest BCUT2D eigenvalue weighted by molar-refractivity contribution is 0.229. The summed E-state index contributed by atoms with van der Waals surface area (Å²) in [6, 6.07) is 11.2. The summed E-state index contributed by atoms with van der Waals surface area (Å²) in [6.45, 7) is 4.03. The van der Waals surface area contributed by atoms with Crippen LogP contribution in [0.4, 0.5) is 10.3 Å². The number of hydrogen-bond donors (Lipinski definition) is 1. The van der Waals surface area contributed by atoms with E-state index < -0.39 is 7.60 Å². The third-order valence-electron chi connectivity index (χ3n) is 4.46. The van der Waals surface area contributed by atoms with Crippen LogP contribution in [-0.4, -0.2) is 32.4 Å². The number of ether oxygens (including phenoxy) is 2. The highest BCUT2D eigenvalue weighted by Gasteiger charge is 2.36. The van der Waals surface area contributed by atoms with E-state index in [0.717, 1.165) is 5.56 Å². The molecule has 0 fully saturated rings. The largest absolute Gasteiger partial charge is 0.493 e. The van der Waals surface area contributed by atoms with Gasteiger partial charge in [0, 0.05) is 12.1 Å². The smallest absolute Gasteiger partial charge is 0.385 e. The lowest BCUT2D eigenvalue weighted by atomic mass is 10.2. The average Bonchev–Trinajstić information content (AvgIpc) is 3.23. The van der Waals surface area contributed by atoms with Crippen molar-refractivity contribution in [1.29, 1.82) is 0 Å². The van der Waals surface area contributed by atoms with Crippen molar-refractivity contribution < 1.29 is 31.9 Å². The molecule has 0 amide bonds. The van der Waals surface area contributed by atoms with Gasteiger partial charge in [-0.1, -0.05) is 12.1 Å². The predicted octanol–water partition coefficient (Wildman–Crippen LogP) is 5.00. The fourth-order valence-electron chi connectivity index (χ4n) is 2.99. The van der Waals surface area contributed by atoms with Gasteiger partial charge in [0.15, 0.2) is 11.5 Å². The molecule has 0 saturated carbocycles. The Labute approximate surface area is 186 Å². The van der Waals surface area contributed by atoms with Gasteiger partial charge in [0.05, 0.1) is 27.4 Å². The zero-order valence-corrected chi connectivity index (χ0v) is 19.3. The quantitative estimate of drug-likeness (QED) is 0.397. The molecule has 10 heteroatoms. The van der Waals surface area contributed by atoms with E-state index in [0.29, 0.717) is 17.1 Å². The van der Waals surface area contributed by atoms with Crippen LogP contribution in [0.15, 0.2) is 46.9 Å². The molecule has 0 aliphatic carbocycles. The Morgan fingerprint density at radius 3 is 2.25 bits per heavy atom. The van der Waals surface area contributed by atoms with E-state index in [9.17, 15) is 8.96 Å². The van der Waals surface area contributed by atoms with Crippen molar-refractivity contribution >= 4 is 18.9 Å². The van der Waals surface area contributed by atoms with Crippen molar-refractivity contribution in [1.82, 2.24) is 4.98 Å². The molecule has 3 aromatic rings. The zero-order chi connectivity index (χ0) is 23.1. The van der Waals surface area contributed by atoms with E-state index in [-0.39, 0.29) is 42.8 Å². The molecule has 0 aliphatic heterocycles. The molecule has 0 unspecified atom stereocenters. The fraction of sp³-hybridized carbons (Fsp3) is 0.318. The first-order valence-corrected chi connectivity index (χ1v) is 11.6. The molecule has 32 heavy (non-hydrogen) atoms. The highest BCUT2D eigenvalue weighted by Crippen LogP contribution is 2.49. The molecule has 2 aromatic carbocycles. The topological polar surface area (TPSA) is 92.1 Å². The van der Waals surface area contributed by atoms with Crippen LogP contribution < -0.4 is 20.2 Å². The Bertz CT molecular complexity index is 1080. The van der Waals surface area contributed by atoms with Crippen molar-refractivity contribution in [2.24, 2.45) is 0 Å². The molecular weight excluding hydrogens is 438 g/mol. The molecule has 3 rings (SSSR count). The minimum absolute atomic E-state index is 0.0353. The first-order valence-electron chi connectivity index (χ1n) is 10.0. The number of anilines is 1. The highest BCUT2D eigenvalue weighted by molar-refractivity contribution is 7.62. The van der Waals surface area contributed by atoms with Gasteiger partial charge in [-0.3, -0.25) is 4.57 Å². The van der Waals surface area contributed by atoms with E-state index in [4.69, 9.17) is 22.9 Å². The fourth-order valence-corrected chi connectivity index (χ4v) is 4.58. The van der Waals surface area contributed by atoms with Crippen molar-refractivity contribution in [3.05, 3.63) is 53.8 Å². The maximum absolute atomic E-state index is 13.5. The van der Waals surface area contributed by atoms with E-state index in [1.807, 2.05) is 0 Å². The Kier molecular flexibility index (Phi) is 7.90. The molecule has 8 nitrogen and oxygen atoms in total. The summed E-state index contributed by atoms with van der Waals surface area (Å²) in [5.41, 5.74) is 1.41. The number of oxazole rings is 1. The van der Waals surface area contributed by atoms with Gasteiger partial charge in [-0.15, -0.1) is 0 Å². The lowest BCUT2D eigenvalue weighted by Gasteiger charge is -2.15. The number of aromatic nitrogens is 1. The summed E-state index contributed by atoms with van der Waals surface area (Å²) in [5.74, 6) is 1.05. The molecule has 172 valence electrons. The van der Waals surface area contributed by atoms with E-state index in [1.54, 1.807) is 51.3 Å². The first-order chi connectivity index (χ1) is 15.4. The number of benzene rings is 2. The van der Waals surface area contributed by atoms with Crippen molar-refractivity contribution in [2.45, 2.75) is 20.4 Å². The van der Waals surface area contributed by atoms with Gasteiger partial charge in [0.25, 0.3) is 0 Å². The average molecular weight is 464 g/mol. The summed E-state index contributed by atoms with van der Waals surface area (Å²) < 4.78 is 54.2. The first kappa shape index (κ1) is 23.8. The standard InChI is InChI=1S/C22H26FN2O6P/c1-5-29-32(26,30-6-2)22-21(24-14-15-7-10-17(23)11-8-15)31-20(25-22)16-9-12-18(27-3)19(13-16)28-4/h7-13,24H,5-6,14H2,1-4H3. The van der Waals surface area contributed by atoms with Crippen LogP contribution in [0, 0.1) is 5.82 Å². The number of rotatable bonds is 11. The Hall–Kier alpha value is -2.87. The second-order valence-electron chi connectivity index (χ2n) is 6.55. The van der Waals surface area contributed by atoms with Gasteiger partial charge in [-0.2, -0.15) is 4.98 Å². The molecular formula is C22H26FN2O6P. The van der Waals surface area contributed by atoms with Crippen LogP contribution in [0.3, 0.4) is 0 Å². The van der Waals surface area contributed by atoms with Crippen LogP contribution in [-0.2, 0) is 20.2 Å². The Morgan fingerprint density at radius 1 is 1.00 bits per heavy atom. The van der Waals surface area contributed by atoms with Gasteiger partial charge in [-0.25, -0.2) is 4.39 Å². The normalized spacial score (nSPS) is 11.4. The van der Waals surface area contributed by atoms with Crippen LogP contribution >= 0.6 is 7.60 Å². The summed E-state index contributed by atoms with van der Waals surface area (Å²) >= 11 is 0. The van der Waals surface area contributed by atoms with Crippen molar-refractivity contribution in [3.63, 3.8) is 0 Å². The van der Waals surface area contributed by atoms with Gasteiger partial charge >= 0.3 is 7.60 Å². The van der Waals surface area contributed by atoms with Gasteiger partial charge in [0.2, 0.25) is 17.2 Å². The second-order valence-corrected chi connectivity index (χ2v) is 8.49. The monoisotopic (exact) mass is 464 g/mol. The molecule has 1 N–H and O–H groups in total. The molecule has 0 bridgehead atoms. The van der Waals surface area contributed by atoms with E-state index in [1.165, 1.54) is 19.2 Å². The van der Waals surface area contributed by atoms with E-state index in [2.05, 4.69) is 10.3 Å². The maximum Gasteiger partial charge on any atom is 0.385 e. The lowest BCUT2D eigenvalue weighted by Crippen LogP contribution is -2.16. The summed E-state index contributed by atoms with van der Waals surface area (Å²) in [7, 11) is -0.691. The van der Waals surface area contributed by atoms with Crippen LogP contribution in [0.2, 0.25) is 0 Å². The number of halogens is 1. The molecule has 0 radical (unpaired) electrons. The molecule has 0 spiro atoms. The number of nitrogens with zero attached hydrogens (tertiary/aromatic N) is 1. The predicted molar refractivity (Wildman–Crippen MR) is 119 cm³/mol. The minimum Gasteiger partial charge on any atom is -0.493 e. The van der Waals surface area contributed by atoms with Crippen LogP contribution in [0.1, 0.15) is 19.4 Å². The minimum atomic E-state index is -3.76. The summed E-state index contributed by atoms with van der Waals surface area (Å²) in [6.07, 6.45) is 0. The number of methoxy groups -OCH3 is 2. The Balaban J connectivity index is 2.02. The SMILES string of the molecule is CCOP(=O)(OCC)c1nc(-c2ccc(OC)c(OC)c2)oc1NCc1ccc(F)cc1. The molecule has 0 saturated heterocycles. The van der Waals surface area contributed by atoms with Gasteiger partial charge < -0.3 is 28.3 Å². The second kappa shape index (κ2) is 10.6. The molecule has 1 heterocycles. The highest BCUT2D eigenvalue weighted by atomic mass is 31.2. The van der Waals surface area contributed by atoms with Crippen molar-refractivity contribution in [2.75, 3.05) is 32.8 Å². The third kappa shape index (κ3) is 5.30. The van der Waals surface area contributed by atoms with Crippen LogP contribution in [0.5, 0.6) is 11.5 Å². The maximum atomic E-state index is 13.5. The van der Waals surface area contributed by atoms with Gasteiger partial charge in [-0.05, 0) is 49.7 Å². The van der Waals surface area contributed by atoms with Crippen LogP contribution in [0.25, 0.3) is 11.5 Å².